The average molecular weight is 711 g/mol. The number of carbonyl (C=O) groups excluding carboxylic acids is 2. The smallest absolute Gasteiger partial charge is 0.411 e. The Hall–Kier alpha value is -3.90. The summed E-state index contributed by atoms with van der Waals surface area (Å²) in [5.41, 5.74) is -0.297. The van der Waals surface area contributed by atoms with E-state index in [2.05, 4.69) is 4.98 Å². The van der Waals surface area contributed by atoms with E-state index < -0.39 is 22.8 Å². The second-order valence-electron chi connectivity index (χ2n) is 14.5. The van der Waals surface area contributed by atoms with E-state index in [1.54, 1.807) is 44.7 Å². The molecule has 49 heavy (non-hydrogen) atoms. The van der Waals surface area contributed by atoms with E-state index in [1.807, 2.05) is 58.9 Å². The van der Waals surface area contributed by atoms with Crippen molar-refractivity contribution in [2.75, 3.05) is 26.3 Å². The highest BCUT2D eigenvalue weighted by Crippen LogP contribution is 2.36. The predicted molar refractivity (Wildman–Crippen MR) is 188 cm³/mol. The largest absolute Gasteiger partial charge is 0.444 e. The number of likely N-dealkylation sites (tertiary alicyclic amines) is 1. The predicted octanol–water partition coefficient (Wildman–Crippen LogP) is 6.25. The van der Waals surface area contributed by atoms with Crippen LogP contribution in [0.25, 0.3) is 16.7 Å². The van der Waals surface area contributed by atoms with Gasteiger partial charge in [0, 0.05) is 29.4 Å². The molecule has 1 unspecified atom stereocenters. The SMILES string of the molecule is CC(C)(C)OC(=O)N1C(c2ccc(-n3c(Cl)cc4c(=O)n(CC5(O)CCN(C(=O)c6ccc(Cl)cc6)CC5)cnc43)cc2)COCC1(C)C. The summed E-state index contributed by atoms with van der Waals surface area (Å²) in [6, 6.07) is 15.5. The fourth-order valence-electron chi connectivity index (χ4n) is 6.58. The number of ether oxygens (including phenoxy) is 2. The number of piperidine rings is 1. The first-order chi connectivity index (χ1) is 23.1. The minimum atomic E-state index is -1.19. The third-order valence-corrected chi connectivity index (χ3v) is 9.63. The van der Waals surface area contributed by atoms with E-state index in [0.29, 0.717) is 71.6 Å². The third-order valence-electron chi connectivity index (χ3n) is 9.10. The lowest BCUT2D eigenvalue weighted by Crippen LogP contribution is -2.57. The van der Waals surface area contributed by atoms with Crippen LogP contribution in [0.15, 0.2) is 65.7 Å². The number of amides is 2. The van der Waals surface area contributed by atoms with Crippen LogP contribution in [0, 0.1) is 0 Å². The number of benzene rings is 2. The highest BCUT2D eigenvalue weighted by Gasteiger charge is 2.43. The van der Waals surface area contributed by atoms with Crippen LogP contribution in [0.5, 0.6) is 0 Å². The molecule has 2 amide bonds. The third kappa shape index (κ3) is 7.21. The Kier molecular flexibility index (Phi) is 9.34. The van der Waals surface area contributed by atoms with Crippen molar-refractivity contribution in [1.29, 1.82) is 0 Å². The van der Waals surface area contributed by atoms with Gasteiger partial charge in [0.2, 0.25) is 0 Å². The van der Waals surface area contributed by atoms with E-state index in [0.717, 1.165) is 5.56 Å². The van der Waals surface area contributed by atoms with Crippen molar-refractivity contribution < 1.29 is 24.2 Å². The van der Waals surface area contributed by atoms with Gasteiger partial charge in [-0.2, -0.15) is 0 Å². The lowest BCUT2D eigenvalue weighted by atomic mass is 9.91. The van der Waals surface area contributed by atoms with Gasteiger partial charge in [0.1, 0.15) is 17.1 Å². The second-order valence-corrected chi connectivity index (χ2v) is 15.3. The molecule has 2 saturated heterocycles. The Labute approximate surface area is 294 Å². The molecule has 2 aromatic heterocycles. The van der Waals surface area contributed by atoms with Gasteiger partial charge >= 0.3 is 6.09 Å². The van der Waals surface area contributed by atoms with Crippen molar-refractivity contribution in [1.82, 2.24) is 23.9 Å². The Morgan fingerprint density at radius 3 is 2.33 bits per heavy atom. The lowest BCUT2D eigenvalue weighted by Gasteiger charge is -2.47. The fourth-order valence-corrected chi connectivity index (χ4v) is 7.00. The molecule has 2 aliphatic heterocycles. The van der Waals surface area contributed by atoms with Gasteiger partial charge in [0.15, 0.2) is 5.65 Å². The van der Waals surface area contributed by atoms with Gasteiger partial charge in [0.05, 0.1) is 42.3 Å². The normalized spacial score (nSPS) is 19.2. The molecule has 2 aromatic carbocycles. The van der Waals surface area contributed by atoms with Crippen LogP contribution < -0.4 is 5.56 Å². The number of hydrogen-bond acceptors (Lipinski definition) is 7. The number of carbonyl (C=O) groups is 2. The Morgan fingerprint density at radius 1 is 1.04 bits per heavy atom. The summed E-state index contributed by atoms with van der Waals surface area (Å²) in [6.45, 7) is 10.9. The highest BCUT2D eigenvalue weighted by atomic mass is 35.5. The molecule has 1 N–H and O–H groups in total. The van der Waals surface area contributed by atoms with Crippen molar-refractivity contribution in [2.45, 2.75) is 76.8 Å². The monoisotopic (exact) mass is 709 g/mol. The Morgan fingerprint density at radius 2 is 1.69 bits per heavy atom. The van der Waals surface area contributed by atoms with Gasteiger partial charge in [0.25, 0.3) is 11.5 Å². The van der Waals surface area contributed by atoms with Crippen LogP contribution in [-0.4, -0.2) is 84.1 Å². The molecule has 0 aliphatic carbocycles. The van der Waals surface area contributed by atoms with E-state index in [4.69, 9.17) is 32.7 Å². The summed E-state index contributed by atoms with van der Waals surface area (Å²) in [7, 11) is 0. The molecule has 0 bridgehead atoms. The topological polar surface area (TPSA) is 119 Å². The number of fused-ring (bicyclic) bond motifs is 1. The number of hydrogen-bond donors (Lipinski definition) is 1. The standard InChI is InChI=1S/C36H41Cl2N5O6/c1-34(2,3)49-33(46)43-28(19-48-21-35(43,4)5)23-8-12-26(13-9-23)42-29(38)18-27-30(42)39-22-41(32(27)45)20-36(47)14-16-40(17-15-36)31(44)24-6-10-25(37)11-7-24/h6-13,18,22,28,47H,14-17,19-21H2,1-5H3. The van der Waals surface area contributed by atoms with E-state index in [9.17, 15) is 19.5 Å². The zero-order valence-corrected chi connectivity index (χ0v) is 29.8. The number of rotatable bonds is 5. The molecular weight excluding hydrogens is 669 g/mol. The molecule has 4 heterocycles. The Bertz CT molecular complexity index is 1920. The number of halogens is 2. The molecule has 260 valence electrons. The van der Waals surface area contributed by atoms with Crippen molar-refractivity contribution >= 4 is 46.2 Å². The Balaban J connectivity index is 1.20. The van der Waals surface area contributed by atoms with Crippen molar-refractivity contribution in [3.05, 3.63) is 92.6 Å². The second kappa shape index (κ2) is 13.1. The lowest BCUT2D eigenvalue weighted by molar-refractivity contribution is -0.0928. The van der Waals surface area contributed by atoms with Crippen LogP contribution in [-0.2, 0) is 16.0 Å². The first-order valence-electron chi connectivity index (χ1n) is 16.3. The zero-order valence-electron chi connectivity index (χ0n) is 28.3. The number of aliphatic hydroxyl groups is 1. The number of aromatic nitrogens is 3. The zero-order chi connectivity index (χ0) is 35.3. The molecule has 4 aromatic rings. The fraction of sp³-hybridized carbons (Fsp3) is 0.444. The maximum atomic E-state index is 13.6. The van der Waals surface area contributed by atoms with Crippen molar-refractivity contribution in [3.8, 4) is 5.69 Å². The molecule has 13 heteroatoms. The molecule has 0 spiro atoms. The summed E-state index contributed by atoms with van der Waals surface area (Å²) in [6.07, 6.45) is 1.63. The van der Waals surface area contributed by atoms with Crippen LogP contribution in [0.4, 0.5) is 4.79 Å². The molecule has 6 rings (SSSR count). The van der Waals surface area contributed by atoms with Crippen LogP contribution in [0.1, 0.15) is 69.4 Å². The van der Waals surface area contributed by atoms with Crippen LogP contribution in [0.2, 0.25) is 10.2 Å². The summed E-state index contributed by atoms with van der Waals surface area (Å²) >= 11 is 12.7. The maximum Gasteiger partial charge on any atom is 0.411 e. The molecule has 2 fully saturated rings. The van der Waals surface area contributed by atoms with Gasteiger partial charge in [-0.3, -0.25) is 23.6 Å². The van der Waals surface area contributed by atoms with E-state index in [1.165, 1.54) is 10.9 Å². The van der Waals surface area contributed by atoms with E-state index >= 15 is 0 Å². The number of nitrogens with zero attached hydrogens (tertiary/aromatic N) is 5. The van der Waals surface area contributed by atoms with Crippen LogP contribution >= 0.6 is 23.2 Å². The summed E-state index contributed by atoms with van der Waals surface area (Å²) in [5, 5.41) is 12.6. The summed E-state index contributed by atoms with van der Waals surface area (Å²) < 4.78 is 14.7. The van der Waals surface area contributed by atoms with Gasteiger partial charge in [-0.1, -0.05) is 35.3 Å². The van der Waals surface area contributed by atoms with E-state index in [-0.39, 0.29) is 24.1 Å². The van der Waals surface area contributed by atoms with Crippen LogP contribution in [0.3, 0.4) is 0 Å². The molecular formula is C36H41Cl2N5O6. The molecule has 2 aliphatic rings. The van der Waals surface area contributed by atoms with Crippen molar-refractivity contribution in [3.63, 3.8) is 0 Å². The minimum absolute atomic E-state index is 0.0310. The number of morpholine rings is 1. The quantitative estimate of drug-likeness (QED) is 0.260. The molecule has 11 nitrogen and oxygen atoms in total. The summed E-state index contributed by atoms with van der Waals surface area (Å²) in [4.78, 5) is 47.9. The molecule has 0 saturated carbocycles. The highest BCUT2D eigenvalue weighted by molar-refractivity contribution is 6.31. The van der Waals surface area contributed by atoms with Gasteiger partial charge in [-0.25, -0.2) is 9.78 Å². The minimum Gasteiger partial charge on any atom is -0.444 e. The van der Waals surface area contributed by atoms with Gasteiger partial charge in [-0.05, 0) is 95.5 Å². The van der Waals surface area contributed by atoms with Crippen molar-refractivity contribution in [2.24, 2.45) is 0 Å². The van der Waals surface area contributed by atoms with Gasteiger partial charge in [-0.15, -0.1) is 0 Å². The molecule has 0 radical (unpaired) electrons. The average Bonchev–Trinajstić information content (AvgIpc) is 3.38. The van der Waals surface area contributed by atoms with Gasteiger partial charge < -0.3 is 19.5 Å². The first-order valence-corrected chi connectivity index (χ1v) is 17.0. The maximum absolute atomic E-state index is 13.6. The first kappa shape index (κ1) is 34.9. The molecule has 1 atom stereocenters. The summed E-state index contributed by atoms with van der Waals surface area (Å²) in [5.74, 6) is -0.126.